The third-order valence-electron chi connectivity index (χ3n) is 9.04. The van der Waals surface area contributed by atoms with Crippen molar-refractivity contribution < 1.29 is 52.7 Å². The van der Waals surface area contributed by atoms with Crippen molar-refractivity contribution >= 4 is 23.9 Å². The highest BCUT2D eigenvalue weighted by molar-refractivity contribution is 5.86. The van der Waals surface area contributed by atoms with Crippen LogP contribution in [0, 0.1) is 0 Å². The van der Waals surface area contributed by atoms with Crippen LogP contribution in [0.25, 0.3) is 0 Å². The number of nitrogens with zero attached hydrogens (tertiary/aromatic N) is 1. The largest absolute Gasteiger partial charge is 0.493 e. The smallest absolute Gasteiger partial charge is 0.353 e. The zero-order chi connectivity index (χ0) is 33.8. The van der Waals surface area contributed by atoms with Gasteiger partial charge in [-0.2, -0.15) is 0 Å². The predicted molar refractivity (Wildman–Crippen MR) is 163 cm³/mol. The molecule has 1 aromatic rings. The van der Waals surface area contributed by atoms with E-state index >= 15 is 0 Å². The molecule has 2 aliphatic heterocycles. The lowest BCUT2D eigenvalue weighted by atomic mass is 9.50. The Morgan fingerprint density at radius 1 is 1.02 bits per heavy atom. The average Bonchev–Trinajstić information content (AvgIpc) is 3.29. The molecule has 46 heavy (non-hydrogen) atoms. The molecule has 1 N–H and O–H groups in total. The number of hydrogen-bond acceptors (Lipinski definition) is 12. The lowest BCUT2D eigenvalue weighted by Gasteiger charge is -2.61. The molecule has 1 saturated heterocycles. The van der Waals surface area contributed by atoms with Crippen LogP contribution in [-0.4, -0.2) is 89.6 Å². The van der Waals surface area contributed by atoms with Crippen LogP contribution in [0.3, 0.4) is 0 Å². The maximum absolute atomic E-state index is 13.7. The first kappa shape index (κ1) is 33.7. The summed E-state index contributed by atoms with van der Waals surface area (Å²) in [5.74, 6) is -2.09. The van der Waals surface area contributed by atoms with Crippen LogP contribution in [-0.2, 0) is 50.0 Å². The molecule has 2 heterocycles. The van der Waals surface area contributed by atoms with Gasteiger partial charge in [0, 0.05) is 18.0 Å². The van der Waals surface area contributed by atoms with Crippen molar-refractivity contribution in [1.29, 1.82) is 0 Å². The predicted octanol–water partition coefficient (Wildman–Crippen LogP) is 3.28. The zero-order valence-corrected chi connectivity index (χ0v) is 27.9. The van der Waals surface area contributed by atoms with E-state index < -0.39 is 64.7 Å². The Labute approximate surface area is 269 Å². The van der Waals surface area contributed by atoms with Crippen molar-refractivity contribution in [1.82, 2.24) is 4.90 Å². The number of rotatable bonds is 9. The summed E-state index contributed by atoms with van der Waals surface area (Å²) in [6.45, 7) is 10.8. The maximum atomic E-state index is 13.7. The van der Waals surface area contributed by atoms with Gasteiger partial charge >= 0.3 is 23.9 Å². The normalized spacial score (nSPS) is 26.9. The van der Waals surface area contributed by atoms with E-state index in [1.54, 1.807) is 54.7 Å². The number of likely N-dealkylation sites (N-methyl/N-ethyl adjacent to an activating group) is 1. The van der Waals surface area contributed by atoms with Gasteiger partial charge in [0.15, 0.2) is 17.6 Å². The second kappa shape index (κ2) is 11.9. The summed E-state index contributed by atoms with van der Waals surface area (Å²) in [6, 6.07) is 3.64. The van der Waals surface area contributed by atoms with E-state index in [4.69, 9.17) is 28.4 Å². The van der Waals surface area contributed by atoms with Gasteiger partial charge < -0.3 is 38.4 Å². The highest BCUT2D eigenvalue weighted by Crippen LogP contribution is 2.65. The van der Waals surface area contributed by atoms with Gasteiger partial charge in [-0.15, -0.1) is 0 Å². The zero-order valence-electron chi connectivity index (χ0n) is 27.9. The van der Waals surface area contributed by atoms with Crippen LogP contribution < -0.4 is 9.47 Å². The molecule has 1 spiro atoms. The van der Waals surface area contributed by atoms with Crippen molar-refractivity contribution in [3.63, 3.8) is 0 Å². The Balaban J connectivity index is 1.41. The number of methoxy groups -OCH3 is 1. The van der Waals surface area contributed by atoms with Crippen LogP contribution in [0.2, 0.25) is 0 Å². The molecule has 0 aromatic heterocycles. The fraction of sp³-hybridized carbons (Fsp3) is 0.647. The molecule has 12 heteroatoms. The van der Waals surface area contributed by atoms with Crippen LogP contribution in [0.15, 0.2) is 24.0 Å². The molecule has 0 amide bonds. The quantitative estimate of drug-likeness (QED) is 0.311. The van der Waals surface area contributed by atoms with Gasteiger partial charge in [-0.3, -0.25) is 14.4 Å². The summed E-state index contributed by atoms with van der Waals surface area (Å²) in [4.78, 5) is 53.7. The summed E-state index contributed by atoms with van der Waals surface area (Å²) in [6.07, 6.45) is -0.797. The first-order chi connectivity index (χ1) is 21.4. The number of carbonyl (C=O) groups excluding carboxylic acids is 4. The lowest BCUT2D eigenvalue weighted by Crippen LogP contribution is -2.74. The summed E-state index contributed by atoms with van der Waals surface area (Å²) in [5.41, 5.74) is -1.82. The van der Waals surface area contributed by atoms with Gasteiger partial charge in [-0.05, 0) is 85.7 Å². The Bertz CT molecular complexity index is 1450. The minimum Gasteiger partial charge on any atom is -0.493 e. The van der Waals surface area contributed by atoms with E-state index in [-0.39, 0.29) is 31.1 Å². The Hall–Kier alpha value is -3.64. The Morgan fingerprint density at radius 2 is 1.67 bits per heavy atom. The van der Waals surface area contributed by atoms with Crippen molar-refractivity contribution in [3.8, 4) is 11.5 Å². The number of aliphatic hydroxyl groups is 1. The Morgan fingerprint density at radius 3 is 2.33 bits per heavy atom. The monoisotopic (exact) mass is 643 g/mol. The molecular formula is C34H45NO11. The maximum Gasteiger partial charge on any atom is 0.353 e. The van der Waals surface area contributed by atoms with Crippen molar-refractivity contribution in [3.05, 3.63) is 35.1 Å². The highest BCUT2D eigenvalue weighted by atomic mass is 16.6. The van der Waals surface area contributed by atoms with Crippen LogP contribution in [0.5, 0.6) is 11.5 Å². The van der Waals surface area contributed by atoms with Gasteiger partial charge in [-0.1, -0.05) is 6.07 Å². The summed E-state index contributed by atoms with van der Waals surface area (Å²) in [5, 5.41) is 12.4. The second-order valence-corrected chi connectivity index (χ2v) is 14.6. The molecule has 12 nitrogen and oxygen atoms in total. The van der Waals surface area contributed by atoms with Crippen molar-refractivity contribution in [2.24, 2.45) is 0 Å². The van der Waals surface area contributed by atoms with Crippen LogP contribution in [0.4, 0.5) is 0 Å². The number of hydrogen-bond donors (Lipinski definition) is 1. The summed E-state index contributed by atoms with van der Waals surface area (Å²) < 4.78 is 34.1. The third kappa shape index (κ3) is 6.09. The molecule has 2 bridgehead atoms. The highest BCUT2D eigenvalue weighted by Gasteiger charge is 2.72. The second-order valence-electron chi connectivity index (χ2n) is 14.6. The minimum atomic E-state index is -1.66. The number of piperidine rings is 1. The van der Waals surface area contributed by atoms with E-state index in [2.05, 4.69) is 4.90 Å². The van der Waals surface area contributed by atoms with Gasteiger partial charge in [0.25, 0.3) is 0 Å². The fourth-order valence-corrected chi connectivity index (χ4v) is 7.29. The number of likely N-dealkylation sites (tertiary alicyclic amines) is 1. The molecule has 1 fully saturated rings. The number of benzene rings is 1. The number of esters is 4. The van der Waals surface area contributed by atoms with E-state index in [1.165, 1.54) is 0 Å². The van der Waals surface area contributed by atoms with Crippen LogP contribution >= 0.6 is 0 Å². The lowest BCUT2D eigenvalue weighted by molar-refractivity contribution is -0.179. The van der Waals surface area contributed by atoms with Gasteiger partial charge in [0.05, 0.1) is 37.4 Å². The molecule has 2 aliphatic carbocycles. The molecule has 0 radical (unpaired) electrons. The third-order valence-corrected chi connectivity index (χ3v) is 9.04. The average molecular weight is 644 g/mol. The van der Waals surface area contributed by atoms with Gasteiger partial charge in [-0.25, -0.2) is 4.79 Å². The van der Waals surface area contributed by atoms with E-state index in [0.29, 0.717) is 30.9 Å². The van der Waals surface area contributed by atoms with Gasteiger partial charge in [0.1, 0.15) is 17.0 Å². The Kier molecular flexibility index (Phi) is 8.70. The summed E-state index contributed by atoms with van der Waals surface area (Å²) >= 11 is 0. The molecule has 4 aliphatic rings. The number of carbonyl (C=O) groups is 4. The SMILES string of the molecule is COc1ccc2c3c1O[C@H]1C(OC(=O)[C@H](CC(=O)OC(C)(C)C)OC(=O)CCC(=O)OC(C)(C)C)=CC[C@@]4(O)[C@@H](C2)N(C)CC[C@]314. The standard InChI is InChI=1S/C34H45NO11/c1-31(2,3)45-25(37)12-11-24(36)42-22(18-26(38)46-32(4,5)6)30(39)43-21-13-14-34(40)23-17-19-9-10-20(41-8)28-27(19)33(34,29(21)44-28)15-16-35(23)7/h9-10,13,22-23,29,40H,11-12,14-18H2,1-8H3/t22-,23+,29-,33-,34+/m0/s1. The molecule has 5 atom stereocenters. The molecule has 252 valence electrons. The van der Waals surface area contributed by atoms with E-state index in [9.17, 15) is 24.3 Å². The first-order valence-electron chi connectivity index (χ1n) is 15.7. The van der Waals surface area contributed by atoms with Crippen LogP contribution in [0.1, 0.15) is 84.8 Å². The first-order valence-corrected chi connectivity index (χ1v) is 15.7. The fourth-order valence-electron chi connectivity index (χ4n) is 7.29. The molecular weight excluding hydrogens is 598 g/mol. The molecule has 0 saturated carbocycles. The number of ether oxygens (including phenoxy) is 6. The molecule has 5 rings (SSSR count). The van der Waals surface area contributed by atoms with E-state index in [1.807, 2.05) is 19.2 Å². The van der Waals surface area contributed by atoms with Crippen molar-refractivity contribution in [2.75, 3.05) is 20.7 Å². The molecule has 1 aromatic carbocycles. The van der Waals surface area contributed by atoms with Crippen molar-refractivity contribution in [2.45, 2.75) is 121 Å². The summed E-state index contributed by atoms with van der Waals surface area (Å²) in [7, 11) is 3.54. The topological polar surface area (TPSA) is 147 Å². The van der Waals surface area contributed by atoms with E-state index in [0.717, 1.165) is 11.1 Å². The minimum absolute atomic E-state index is 0.156. The van der Waals surface area contributed by atoms with Gasteiger partial charge in [0.2, 0.25) is 6.10 Å². The molecule has 0 unspecified atom stereocenters.